The largest absolute Gasteiger partial charge is 0.495 e. The fourth-order valence-electron chi connectivity index (χ4n) is 2.93. The number of ether oxygens (including phenoxy) is 1. The van der Waals surface area contributed by atoms with Gasteiger partial charge in [-0.15, -0.1) is 0 Å². The summed E-state index contributed by atoms with van der Waals surface area (Å²) in [6.45, 7) is 3.70. The lowest BCUT2D eigenvalue weighted by Gasteiger charge is -2.24. The minimum atomic E-state index is -3.68. The Morgan fingerprint density at radius 2 is 1.63 bits per heavy atom. The number of hydrogen-bond donors (Lipinski definition) is 1. The first-order valence-electron chi connectivity index (χ1n) is 8.83. The van der Waals surface area contributed by atoms with Crippen LogP contribution in [0.1, 0.15) is 25.0 Å². The third-order valence-electron chi connectivity index (χ3n) is 4.30. The van der Waals surface area contributed by atoms with Crippen molar-refractivity contribution in [2.24, 2.45) is 0 Å². The van der Waals surface area contributed by atoms with Gasteiger partial charge in [0.25, 0.3) is 0 Å². The Morgan fingerprint density at radius 1 is 1.04 bits per heavy atom. The summed E-state index contributed by atoms with van der Waals surface area (Å²) in [7, 11) is -2.21. The molecule has 0 atom stereocenters. The maximum atomic E-state index is 12.7. The quantitative estimate of drug-likeness (QED) is 0.751. The van der Waals surface area contributed by atoms with E-state index in [0.29, 0.717) is 11.4 Å². The minimum absolute atomic E-state index is 0.331. The highest BCUT2D eigenvalue weighted by Crippen LogP contribution is 2.29. The molecule has 0 saturated heterocycles. The zero-order chi connectivity index (χ0) is 20.0. The van der Waals surface area contributed by atoms with E-state index in [0.717, 1.165) is 40.2 Å². The summed E-state index contributed by atoms with van der Waals surface area (Å²) < 4.78 is 31.0. The van der Waals surface area contributed by atoms with Crippen LogP contribution in [0.3, 0.4) is 0 Å². The minimum Gasteiger partial charge on any atom is -0.495 e. The molecule has 146 valence electrons. The van der Waals surface area contributed by atoms with Crippen molar-refractivity contribution in [1.82, 2.24) is 0 Å². The summed E-state index contributed by atoms with van der Waals surface area (Å²) in [4.78, 5) is 12.7. The second kappa shape index (κ2) is 8.90. The Bertz CT molecular complexity index is 888. The first-order valence-corrected chi connectivity index (χ1v) is 10.7. The zero-order valence-electron chi connectivity index (χ0n) is 16.2. The lowest BCUT2D eigenvalue weighted by atomic mass is 10.0. The molecule has 0 radical (unpaired) electrons. The highest BCUT2D eigenvalue weighted by atomic mass is 32.2. The molecular formula is C20H26N2O4S. The van der Waals surface area contributed by atoms with Crippen molar-refractivity contribution in [3.8, 4) is 5.75 Å². The molecule has 0 aliphatic rings. The monoisotopic (exact) mass is 390 g/mol. The van der Waals surface area contributed by atoms with Gasteiger partial charge in [-0.05, 0) is 36.1 Å². The van der Waals surface area contributed by atoms with Gasteiger partial charge in [0.05, 0.1) is 19.1 Å². The smallest absolute Gasteiger partial charge is 0.245 e. The molecule has 0 fully saturated rings. The maximum absolute atomic E-state index is 12.7. The van der Waals surface area contributed by atoms with E-state index in [-0.39, 0.29) is 6.54 Å². The number of nitrogens with zero attached hydrogens (tertiary/aromatic N) is 1. The normalized spacial score (nSPS) is 11.1. The Labute approximate surface area is 161 Å². The van der Waals surface area contributed by atoms with Gasteiger partial charge in [0.2, 0.25) is 15.9 Å². The molecule has 2 aromatic carbocycles. The van der Waals surface area contributed by atoms with Gasteiger partial charge >= 0.3 is 0 Å². The first-order chi connectivity index (χ1) is 12.8. The van der Waals surface area contributed by atoms with Crippen molar-refractivity contribution in [3.63, 3.8) is 0 Å². The number of anilines is 2. The Hall–Kier alpha value is -2.54. The molecule has 0 saturated carbocycles. The van der Waals surface area contributed by atoms with Gasteiger partial charge in [-0.25, -0.2) is 8.42 Å². The van der Waals surface area contributed by atoms with Crippen LogP contribution in [-0.2, 0) is 27.7 Å². The fourth-order valence-corrected chi connectivity index (χ4v) is 3.79. The van der Waals surface area contributed by atoms with Gasteiger partial charge in [0.15, 0.2) is 0 Å². The van der Waals surface area contributed by atoms with Gasteiger partial charge in [-0.1, -0.05) is 44.2 Å². The number of rotatable bonds is 8. The number of aryl methyl sites for hydroxylation is 2. The van der Waals surface area contributed by atoms with Crippen LogP contribution in [0.2, 0.25) is 0 Å². The third kappa shape index (κ3) is 5.01. The molecule has 0 aliphatic carbocycles. The highest BCUT2D eigenvalue weighted by molar-refractivity contribution is 7.92. The van der Waals surface area contributed by atoms with Gasteiger partial charge in [0, 0.05) is 5.69 Å². The van der Waals surface area contributed by atoms with E-state index in [1.54, 1.807) is 24.3 Å². The summed E-state index contributed by atoms with van der Waals surface area (Å²) in [5, 5.41) is 2.90. The SMILES string of the molecule is CCc1cccc(CC)c1NC(=O)CN(c1ccccc1OC)S(C)(=O)=O. The number of carbonyl (C=O) groups excluding carboxylic acids is 1. The molecule has 27 heavy (non-hydrogen) atoms. The van der Waals surface area contributed by atoms with Crippen molar-refractivity contribution in [2.75, 3.05) is 29.5 Å². The lowest BCUT2D eigenvalue weighted by molar-refractivity contribution is -0.114. The van der Waals surface area contributed by atoms with Crippen LogP contribution in [0, 0.1) is 0 Å². The fraction of sp³-hybridized carbons (Fsp3) is 0.350. The first kappa shape index (κ1) is 20.8. The van der Waals surface area contributed by atoms with Crippen molar-refractivity contribution in [3.05, 3.63) is 53.6 Å². The molecule has 0 aliphatic heterocycles. The molecule has 0 unspecified atom stereocenters. The molecule has 1 amide bonds. The van der Waals surface area contributed by atoms with Gasteiger partial charge in [-0.2, -0.15) is 0 Å². The molecule has 2 aromatic rings. The van der Waals surface area contributed by atoms with E-state index >= 15 is 0 Å². The predicted molar refractivity (Wildman–Crippen MR) is 109 cm³/mol. The molecule has 7 heteroatoms. The second-order valence-corrected chi connectivity index (χ2v) is 8.05. The molecule has 6 nitrogen and oxygen atoms in total. The van der Waals surface area contributed by atoms with Gasteiger partial charge in [0.1, 0.15) is 12.3 Å². The lowest BCUT2D eigenvalue weighted by Crippen LogP contribution is -2.38. The Morgan fingerprint density at radius 3 is 2.15 bits per heavy atom. The zero-order valence-corrected chi connectivity index (χ0v) is 17.0. The number of benzene rings is 2. The molecule has 1 N–H and O–H groups in total. The van der Waals surface area contributed by atoms with Gasteiger partial charge < -0.3 is 10.1 Å². The Balaban J connectivity index is 2.34. The van der Waals surface area contributed by atoms with E-state index in [2.05, 4.69) is 5.32 Å². The van der Waals surface area contributed by atoms with E-state index in [9.17, 15) is 13.2 Å². The van der Waals surface area contributed by atoms with E-state index in [4.69, 9.17) is 4.74 Å². The summed E-state index contributed by atoms with van der Waals surface area (Å²) in [5.74, 6) is -0.0131. The number of hydrogen-bond acceptors (Lipinski definition) is 4. The van der Waals surface area contributed by atoms with Crippen LogP contribution in [-0.4, -0.2) is 34.2 Å². The molecular weight excluding hydrogens is 364 g/mol. The van der Waals surface area contributed by atoms with Crippen molar-refractivity contribution in [2.45, 2.75) is 26.7 Å². The van der Waals surface area contributed by atoms with Crippen LogP contribution < -0.4 is 14.4 Å². The number of para-hydroxylation sites is 3. The molecule has 0 bridgehead atoms. The topological polar surface area (TPSA) is 75.7 Å². The van der Waals surface area contributed by atoms with E-state index in [1.807, 2.05) is 32.0 Å². The molecule has 0 heterocycles. The third-order valence-corrected chi connectivity index (χ3v) is 5.43. The number of amides is 1. The number of carbonyl (C=O) groups is 1. The van der Waals surface area contributed by atoms with E-state index < -0.39 is 15.9 Å². The van der Waals surface area contributed by atoms with Crippen molar-refractivity contribution < 1.29 is 17.9 Å². The van der Waals surface area contributed by atoms with E-state index in [1.165, 1.54) is 7.11 Å². The standard InChI is InChI=1S/C20H26N2O4S/c1-5-15-10-9-11-16(6-2)20(15)21-19(23)14-22(27(4,24)25)17-12-7-8-13-18(17)26-3/h7-13H,5-6,14H2,1-4H3,(H,21,23). The predicted octanol–water partition coefficient (Wildman–Crippen LogP) is 3.22. The van der Waals surface area contributed by atoms with Crippen LogP contribution in [0.5, 0.6) is 5.75 Å². The summed E-state index contributed by atoms with van der Waals surface area (Å²) >= 11 is 0. The van der Waals surface area contributed by atoms with Crippen LogP contribution >= 0.6 is 0 Å². The molecule has 2 rings (SSSR count). The molecule has 0 spiro atoms. The van der Waals surface area contributed by atoms with Crippen molar-refractivity contribution >= 4 is 27.3 Å². The summed E-state index contributed by atoms with van der Waals surface area (Å²) in [6, 6.07) is 12.6. The molecule has 0 aromatic heterocycles. The average molecular weight is 391 g/mol. The second-order valence-electron chi connectivity index (χ2n) is 6.15. The summed E-state index contributed by atoms with van der Waals surface area (Å²) in [6.07, 6.45) is 2.61. The van der Waals surface area contributed by atoms with Crippen molar-refractivity contribution in [1.29, 1.82) is 0 Å². The Kier molecular flexibility index (Phi) is 6.85. The highest BCUT2D eigenvalue weighted by Gasteiger charge is 2.24. The maximum Gasteiger partial charge on any atom is 0.245 e. The average Bonchev–Trinajstić information content (AvgIpc) is 2.65. The van der Waals surface area contributed by atoms with Gasteiger partial charge in [-0.3, -0.25) is 9.10 Å². The van der Waals surface area contributed by atoms with Crippen LogP contribution in [0.25, 0.3) is 0 Å². The number of methoxy groups -OCH3 is 1. The summed E-state index contributed by atoms with van der Waals surface area (Å²) in [5.41, 5.74) is 3.13. The van der Waals surface area contributed by atoms with Crippen LogP contribution in [0.4, 0.5) is 11.4 Å². The number of sulfonamides is 1. The van der Waals surface area contributed by atoms with Crippen LogP contribution in [0.15, 0.2) is 42.5 Å². The number of nitrogens with one attached hydrogen (secondary N) is 1.